The van der Waals surface area contributed by atoms with Crippen molar-refractivity contribution in [2.45, 2.75) is 32.0 Å². The molecule has 1 atom stereocenters. The van der Waals surface area contributed by atoms with E-state index in [0.29, 0.717) is 12.6 Å². The van der Waals surface area contributed by atoms with Gasteiger partial charge >= 0.3 is 0 Å². The van der Waals surface area contributed by atoms with E-state index in [1.807, 2.05) is 10.9 Å². The molecule has 0 radical (unpaired) electrons. The van der Waals surface area contributed by atoms with Crippen LogP contribution in [0.2, 0.25) is 0 Å². The summed E-state index contributed by atoms with van der Waals surface area (Å²) < 4.78 is 14.8. The van der Waals surface area contributed by atoms with Crippen LogP contribution in [0.3, 0.4) is 0 Å². The summed E-state index contributed by atoms with van der Waals surface area (Å²) in [5, 5.41) is 4.38. The SMILES string of the molecule is Cl.N[C@@H]1CCCN(Cc2cnn(Cc3ccc(F)cc3)c2)C1. The molecule has 120 valence electrons. The second kappa shape index (κ2) is 7.72. The quantitative estimate of drug-likeness (QED) is 0.939. The number of halogens is 2. The van der Waals surface area contributed by atoms with Gasteiger partial charge < -0.3 is 5.73 Å². The van der Waals surface area contributed by atoms with Gasteiger partial charge in [-0.1, -0.05) is 12.1 Å². The monoisotopic (exact) mass is 324 g/mol. The van der Waals surface area contributed by atoms with Crippen LogP contribution in [0.15, 0.2) is 36.7 Å². The Bertz CT molecular complexity index is 584. The van der Waals surface area contributed by atoms with Gasteiger partial charge in [-0.25, -0.2) is 4.39 Å². The third-order valence-corrected chi connectivity index (χ3v) is 3.89. The first kappa shape index (κ1) is 16.9. The van der Waals surface area contributed by atoms with Gasteiger partial charge in [0.05, 0.1) is 12.7 Å². The van der Waals surface area contributed by atoms with E-state index in [2.05, 4.69) is 16.2 Å². The topological polar surface area (TPSA) is 47.1 Å². The number of benzene rings is 1. The van der Waals surface area contributed by atoms with E-state index in [9.17, 15) is 4.39 Å². The van der Waals surface area contributed by atoms with Crippen molar-refractivity contribution in [3.63, 3.8) is 0 Å². The number of nitrogens with zero attached hydrogens (tertiary/aromatic N) is 3. The zero-order valence-electron chi connectivity index (χ0n) is 12.5. The Morgan fingerprint density at radius 2 is 1.95 bits per heavy atom. The highest BCUT2D eigenvalue weighted by molar-refractivity contribution is 5.85. The Labute approximate surface area is 136 Å². The lowest BCUT2D eigenvalue weighted by molar-refractivity contribution is 0.201. The molecule has 4 nitrogen and oxygen atoms in total. The summed E-state index contributed by atoms with van der Waals surface area (Å²) in [6.07, 6.45) is 6.26. The number of hydrogen-bond acceptors (Lipinski definition) is 3. The van der Waals surface area contributed by atoms with Crippen LogP contribution in [0.25, 0.3) is 0 Å². The van der Waals surface area contributed by atoms with Crippen molar-refractivity contribution in [1.29, 1.82) is 0 Å². The fraction of sp³-hybridized carbons (Fsp3) is 0.438. The summed E-state index contributed by atoms with van der Waals surface area (Å²) >= 11 is 0. The molecule has 0 spiro atoms. The first-order valence-corrected chi connectivity index (χ1v) is 7.43. The van der Waals surface area contributed by atoms with Crippen molar-refractivity contribution in [3.05, 3.63) is 53.6 Å². The number of aromatic nitrogens is 2. The Morgan fingerprint density at radius 3 is 2.68 bits per heavy atom. The summed E-state index contributed by atoms with van der Waals surface area (Å²) in [7, 11) is 0. The minimum absolute atomic E-state index is 0. The highest BCUT2D eigenvalue weighted by Crippen LogP contribution is 2.13. The van der Waals surface area contributed by atoms with Crippen LogP contribution in [0.4, 0.5) is 4.39 Å². The van der Waals surface area contributed by atoms with Gasteiger partial charge in [-0.3, -0.25) is 9.58 Å². The number of piperidine rings is 1. The fourth-order valence-electron chi connectivity index (χ4n) is 2.84. The van der Waals surface area contributed by atoms with Crippen LogP contribution >= 0.6 is 12.4 Å². The van der Waals surface area contributed by atoms with Crippen molar-refractivity contribution >= 4 is 12.4 Å². The van der Waals surface area contributed by atoms with Gasteiger partial charge in [-0.05, 0) is 37.1 Å². The minimum atomic E-state index is -0.207. The number of hydrogen-bond donors (Lipinski definition) is 1. The number of rotatable bonds is 4. The van der Waals surface area contributed by atoms with E-state index in [1.54, 1.807) is 12.1 Å². The number of nitrogens with two attached hydrogens (primary N) is 1. The second-order valence-electron chi connectivity index (χ2n) is 5.81. The van der Waals surface area contributed by atoms with E-state index in [1.165, 1.54) is 24.1 Å². The van der Waals surface area contributed by atoms with Crippen LogP contribution in [-0.2, 0) is 13.1 Å². The Morgan fingerprint density at radius 1 is 1.18 bits per heavy atom. The first-order valence-electron chi connectivity index (χ1n) is 7.43. The molecule has 0 bridgehead atoms. The molecule has 1 fully saturated rings. The highest BCUT2D eigenvalue weighted by atomic mass is 35.5. The zero-order valence-corrected chi connectivity index (χ0v) is 13.3. The highest BCUT2D eigenvalue weighted by Gasteiger charge is 2.17. The molecule has 0 saturated carbocycles. The predicted molar refractivity (Wildman–Crippen MR) is 87.5 cm³/mol. The van der Waals surface area contributed by atoms with Gasteiger partial charge in [-0.15, -0.1) is 12.4 Å². The summed E-state index contributed by atoms with van der Waals surface area (Å²) in [6, 6.07) is 6.85. The van der Waals surface area contributed by atoms with Crippen LogP contribution in [0.1, 0.15) is 24.0 Å². The van der Waals surface area contributed by atoms with Crippen molar-refractivity contribution < 1.29 is 4.39 Å². The average molecular weight is 325 g/mol. The molecule has 2 N–H and O–H groups in total. The molecule has 22 heavy (non-hydrogen) atoms. The van der Waals surface area contributed by atoms with Gasteiger partial charge in [0.1, 0.15) is 5.82 Å². The maximum Gasteiger partial charge on any atom is 0.123 e. The molecule has 1 aliphatic heterocycles. The normalized spacial score (nSPS) is 18.9. The van der Waals surface area contributed by atoms with Gasteiger partial charge in [0.25, 0.3) is 0 Å². The van der Waals surface area contributed by atoms with Gasteiger partial charge in [0.2, 0.25) is 0 Å². The maximum atomic E-state index is 12.9. The molecular weight excluding hydrogens is 303 g/mol. The van der Waals surface area contributed by atoms with Crippen LogP contribution in [0, 0.1) is 5.82 Å². The third-order valence-electron chi connectivity index (χ3n) is 3.89. The molecule has 0 unspecified atom stereocenters. The molecule has 1 aromatic heterocycles. The van der Waals surface area contributed by atoms with E-state index in [0.717, 1.165) is 31.6 Å². The molecule has 2 heterocycles. The molecule has 0 aliphatic carbocycles. The van der Waals surface area contributed by atoms with Gasteiger partial charge in [0.15, 0.2) is 0 Å². The van der Waals surface area contributed by atoms with E-state index >= 15 is 0 Å². The Balaban J connectivity index is 0.00000176. The van der Waals surface area contributed by atoms with E-state index in [-0.39, 0.29) is 18.2 Å². The summed E-state index contributed by atoms with van der Waals surface area (Å²) in [4.78, 5) is 2.38. The standard InChI is InChI=1S/C16H21FN4.ClH/c17-15-5-3-13(4-6-15)10-21-11-14(8-19-21)9-20-7-1-2-16(18)12-20;/h3-6,8,11,16H,1-2,7,9-10,12,18H2;1H/t16-;/m1./s1. The molecule has 1 aromatic carbocycles. The molecule has 1 saturated heterocycles. The van der Waals surface area contributed by atoms with E-state index < -0.39 is 0 Å². The maximum absolute atomic E-state index is 12.9. The average Bonchev–Trinajstić information content (AvgIpc) is 2.89. The van der Waals surface area contributed by atoms with Crippen molar-refractivity contribution in [2.24, 2.45) is 5.73 Å². The lowest BCUT2D eigenvalue weighted by Crippen LogP contribution is -2.42. The molecule has 0 amide bonds. The molecule has 2 aromatic rings. The fourth-order valence-corrected chi connectivity index (χ4v) is 2.84. The summed E-state index contributed by atoms with van der Waals surface area (Å²) in [6.45, 7) is 3.64. The van der Waals surface area contributed by atoms with Gasteiger partial charge in [0, 0.05) is 30.9 Å². The summed E-state index contributed by atoms with van der Waals surface area (Å²) in [5.74, 6) is -0.207. The lowest BCUT2D eigenvalue weighted by Gasteiger charge is -2.30. The van der Waals surface area contributed by atoms with Crippen LogP contribution in [0.5, 0.6) is 0 Å². The first-order chi connectivity index (χ1) is 10.2. The van der Waals surface area contributed by atoms with Crippen molar-refractivity contribution in [1.82, 2.24) is 14.7 Å². The summed E-state index contributed by atoms with van der Waals surface area (Å²) in [5.41, 5.74) is 8.25. The van der Waals surface area contributed by atoms with Crippen molar-refractivity contribution in [3.8, 4) is 0 Å². The molecular formula is C16H22ClFN4. The molecule has 6 heteroatoms. The predicted octanol–water partition coefficient (Wildman–Crippen LogP) is 2.42. The Hall–Kier alpha value is -1.43. The molecule has 1 aliphatic rings. The largest absolute Gasteiger partial charge is 0.327 e. The smallest absolute Gasteiger partial charge is 0.123 e. The molecule has 3 rings (SSSR count). The van der Waals surface area contributed by atoms with E-state index in [4.69, 9.17) is 5.73 Å². The number of likely N-dealkylation sites (tertiary alicyclic amines) is 1. The zero-order chi connectivity index (χ0) is 14.7. The minimum Gasteiger partial charge on any atom is -0.327 e. The Kier molecular flexibility index (Phi) is 5.94. The third kappa shape index (κ3) is 4.53. The van der Waals surface area contributed by atoms with Crippen LogP contribution < -0.4 is 5.73 Å². The van der Waals surface area contributed by atoms with Crippen LogP contribution in [-0.4, -0.2) is 33.8 Å². The van der Waals surface area contributed by atoms with Gasteiger partial charge in [-0.2, -0.15) is 5.10 Å². The second-order valence-corrected chi connectivity index (χ2v) is 5.81. The van der Waals surface area contributed by atoms with Crippen molar-refractivity contribution in [2.75, 3.05) is 13.1 Å². The lowest BCUT2D eigenvalue weighted by atomic mass is 10.1.